The number of nitrogens with one attached hydrogen (secondary N) is 3. The normalized spacial score (nSPS) is 10.4. The highest BCUT2D eigenvalue weighted by Crippen LogP contribution is 2.27. The maximum absolute atomic E-state index is 12.6. The van der Waals surface area contributed by atoms with Gasteiger partial charge in [0.05, 0.1) is 17.0 Å². The van der Waals surface area contributed by atoms with Gasteiger partial charge in [0.2, 0.25) is 5.91 Å². The standard InChI is InChI=1S/C25H24BrN3O3S/c1-16(2)32-22-12-11-18(14-21(22)26)24(31)29-25(33)28-20-10-6-9-19(15-20)27-23(30)13-17-7-4-3-5-8-17/h3-12,14-16H,13H2,1-2H3,(H,27,30)(H2,28,29,31,33). The highest BCUT2D eigenvalue weighted by atomic mass is 79.9. The molecule has 0 aliphatic rings. The van der Waals surface area contributed by atoms with Crippen LogP contribution in [0.25, 0.3) is 0 Å². The molecule has 0 aliphatic heterocycles. The second-order valence-corrected chi connectivity index (χ2v) is 8.77. The van der Waals surface area contributed by atoms with Crippen LogP contribution in [-0.2, 0) is 11.2 Å². The van der Waals surface area contributed by atoms with Gasteiger partial charge in [-0.05, 0) is 84.0 Å². The summed E-state index contributed by atoms with van der Waals surface area (Å²) in [6.45, 7) is 3.86. The van der Waals surface area contributed by atoms with E-state index in [9.17, 15) is 9.59 Å². The summed E-state index contributed by atoms with van der Waals surface area (Å²) < 4.78 is 6.35. The largest absolute Gasteiger partial charge is 0.490 e. The summed E-state index contributed by atoms with van der Waals surface area (Å²) in [4.78, 5) is 24.9. The quantitative estimate of drug-likeness (QED) is 0.352. The van der Waals surface area contributed by atoms with Crippen molar-refractivity contribution in [1.29, 1.82) is 0 Å². The van der Waals surface area contributed by atoms with Crippen LogP contribution in [0.4, 0.5) is 11.4 Å². The average Bonchev–Trinajstić information content (AvgIpc) is 2.75. The van der Waals surface area contributed by atoms with E-state index in [2.05, 4.69) is 31.9 Å². The van der Waals surface area contributed by atoms with Crippen LogP contribution in [0.3, 0.4) is 0 Å². The number of hydrogen-bond acceptors (Lipinski definition) is 4. The Bertz CT molecular complexity index is 1150. The molecule has 3 aromatic carbocycles. The number of amides is 2. The zero-order valence-corrected chi connectivity index (χ0v) is 20.6. The summed E-state index contributed by atoms with van der Waals surface area (Å²) in [6.07, 6.45) is 0.306. The fourth-order valence-electron chi connectivity index (χ4n) is 2.99. The number of anilines is 2. The van der Waals surface area contributed by atoms with Crippen molar-refractivity contribution in [2.24, 2.45) is 0 Å². The molecule has 8 heteroatoms. The van der Waals surface area contributed by atoms with Gasteiger partial charge in [0.15, 0.2) is 5.11 Å². The highest BCUT2D eigenvalue weighted by Gasteiger charge is 2.12. The van der Waals surface area contributed by atoms with Gasteiger partial charge in [0.1, 0.15) is 5.75 Å². The predicted octanol–water partition coefficient (Wildman–Crippen LogP) is 5.54. The SMILES string of the molecule is CC(C)Oc1ccc(C(=O)NC(=S)Nc2cccc(NC(=O)Cc3ccccc3)c2)cc1Br. The molecule has 0 atom stereocenters. The average molecular weight is 526 g/mol. The molecule has 170 valence electrons. The van der Waals surface area contributed by atoms with Gasteiger partial charge in [-0.2, -0.15) is 0 Å². The van der Waals surface area contributed by atoms with Gasteiger partial charge in [-0.1, -0.05) is 36.4 Å². The monoisotopic (exact) mass is 525 g/mol. The molecule has 0 radical (unpaired) electrons. The molecule has 0 spiro atoms. The minimum Gasteiger partial charge on any atom is -0.490 e. The number of thiocarbonyl (C=S) groups is 1. The van der Waals surface area contributed by atoms with Gasteiger partial charge >= 0.3 is 0 Å². The summed E-state index contributed by atoms with van der Waals surface area (Å²) in [6, 6.07) is 21.7. The molecular weight excluding hydrogens is 502 g/mol. The lowest BCUT2D eigenvalue weighted by Gasteiger charge is -2.13. The second kappa shape index (κ2) is 11.6. The molecule has 0 saturated heterocycles. The Labute approximate surface area is 206 Å². The summed E-state index contributed by atoms with van der Waals surface area (Å²) in [5.41, 5.74) is 2.63. The molecule has 0 aliphatic carbocycles. The van der Waals surface area contributed by atoms with Crippen LogP contribution in [0, 0.1) is 0 Å². The van der Waals surface area contributed by atoms with E-state index in [1.165, 1.54) is 0 Å². The lowest BCUT2D eigenvalue weighted by molar-refractivity contribution is -0.115. The molecular formula is C25H24BrN3O3S. The van der Waals surface area contributed by atoms with Crippen molar-refractivity contribution in [3.63, 3.8) is 0 Å². The number of hydrogen-bond donors (Lipinski definition) is 3. The molecule has 3 aromatic rings. The summed E-state index contributed by atoms with van der Waals surface area (Å²) in [7, 11) is 0. The molecule has 0 bridgehead atoms. The fraction of sp³-hybridized carbons (Fsp3) is 0.160. The zero-order chi connectivity index (χ0) is 23.8. The topological polar surface area (TPSA) is 79.5 Å². The van der Waals surface area contributed by atoms with Gasteiger partial charge < -0.3 is 15.4 Å². The second-order valence-electron chi connectivity index (χ2n) is 7.51. The van der Waals surface area contributed by atoms with Crippen LogP contribution in [0.1, 0.15) is 29.8 Å². The zero-order valence-electron chi connectivity index (χ0n) is 18.2. The highest BCUT2D eigenvalue weighted by molar-refractivity contribution is 9.10. The maximum atomic E-state index is 12.6. The van der Waals surface area contributed by atoms with E-state index in [0.717, 1.165) is 5.56 Å². The Hall–Kier alpha value is -3.23. The van der Waals surface area contributed by atoms with Crippen LogP contribution >= 0.6 is 28.1 Å². The number of halogens is 1. The summed E-state index contributed by atoms with van der Waals surface area (Å²) in [5.74, 6) is 0.190. The van der Waals surface area contributed by atoms with E-state index in [1.807, 2.05) is 44.2 Å². The van der Waals surface area contributed by atoms with Crippen molar-refractivity contribution >= 4 is 56.4 Å². The third-order valence-electron chi connectivity index (χ3n) is 4.40. The first-order chi connectivity index (χ1) is 15.8. The Balaban J connectivity index is 1.56. The van der Waals surface area contributed by atoms with E-state index in [4.69, 9.17) is 17.0 Å². The van der Waals surface area contributed by atoms with Crippen molar-refractivity contribution in [3.05, 3.63) is 88.4 Å². The van der Waals surface area contributed by atoms with Crippen LogP contribution in [-0.4, -0.2) is 23.0 Å². The predicted molar refractivity (Wildman–Crippen MR) is 139 cm³/mol. The number of carbonyl (C=O) groups excluding carboxylic acids is 2. The van der Waals surface area contributed by atoms with E-state index < -0.39 is 0 Å². The lowest BCUT2D eigenvalue weighted by atomic mass is 10.1. The first-order valence-corrected chi connectivity index (χ1v) is 11.5. The summed E-state index contributed by atoms with van der Waals surface area (Å²) in [5, 5.41) is 8.64. The van der Waals surface area contributed by atoms with Gasteiger partial charge in [0, 0.05) is 16.9 Å². The Morgan fingerprint density at radius 3 is 2.30 bits per heavy atom. The van der Waals surface area contributed by atoms with Gasteiger partial charge in [0.25, 0.3) is 5.91 Å². The molecule has 0 saturated carbocycles. The molecule has 3 rings (SSSR count). The maximum Gasteiger partial charge on any atom is 0.257 e. The summed E-state index contributed by atoms with van der Waals surface area (Å²) >= 11 is 8.70. The Morgan fingerprint density at radius 1 is 0.939 bits per heavy atom. The van der Waals surface area contributed by atoms with Crippen molar-refractivity contribution in [2.75, 3.05) is 10.6 Å². The van der Waals surface area contributed by atoms with Crippen molar-refractivity contribution in [2.45, 2.75) is 26.4 Å². The number of benzene rings is 3. The van der Waals surface area contributed by atoms with Crippen molar-refractivity contribution in [3.8, 4) is 5.75 Å². The van der Waals surface area contributed by atoms with Crippen LogP contribution in [0.2, 0.25) is 0 Å². The number of ether oxygens (including phenoxy) is 1. The minimum absolute atomic E-state index is 0.0247. The third-order valence-corrected chi connectivity index (χ3v) is 5.22. The fourth-order valence-corrected chi connectivity index (χ4v) is 3.67. The molecule has 2 amide bonds. The van der Waals surface area contributed by atoms with Crippen LogP contribution in [0.5, 0.6) is 5.75 Å². The Kier molecular flexibility index (Phi) is 8.57. The molecule has 3 N–H and O–H groups in total. The lowest BCUT2D eigenvalue weighted by Crippen LogP contribution is -2.34. The number of carbonyl (C=O) groups is 2. The molecule has 0 unspecified atom stereocenters. The van der Waals surface area contributed by atoms with E-state index >= 15 is 0 Å². The van der Waals surface area contributed by atoms with E-state index in [1.54, 1.807) is 42.5 Å². The van der Waals surface area contributed by atoms with E-state index in [-0.39, 0.29) is 29.5 Å². The molecule has 6 nitrogen and oxygen atoms in total. The molecule has 33 heavy (non-hydrogen) atoms. The Morgan fingerprint density at radius 2 is 1.64 bits per heavy atom. The number of rotatable bonds is 7. The smallest absolute Gasteiger partial charge is 0.257 e. The third kappa shape index (κ3) is 7.69. The van der Waals surface area contributed by atoms with Crippen LogP contribution in [0.15, 0.2) is 77.3 Å². The first-order valence-electron chi connectivity index (χ1n) is 10.3. The van der Waals surface area contributed by atoms with Crippen molar-refractivity contribution < 1.29 is 14.3 Å². The van der Waals surface area contributed by atoms with E-state index in [0.29, 0.717) is 27.2 Å². The molecule has 0 aromatic heterocycles. The van der Waals surface area contributed by atoms with Crippen molar-refractivity contribution in [1.82, 2.24) is 5.32 Å². The first kappa shape index (κ1) is 24.4. The minimum atomic E-state index is -0.350. The van der Waals surface area contributed by atoms with Crippen LogP contribution < -0.4 is 20.7 Å². The van der Waals surface area contributed by atoms with Gasteiger partial charge in [-0.3, -0.25) is 14.9 Å². The van der Waals surface area contributed by atoms with Gasteiger partial charge in [-0.25, -0.2) is 0 Å². The van der Waals surface area contributed by atoms with Gasteiger partial charge in [-0.15, -0.1) is 0 Å². The molecule has 0 heterocycles. The molecule has 0 fully saturated rings.